The van der Waals surface area contributed by atoms with Crippen molar-refractivity contribution in [1.82, 2.24) is 4.98 Å². The van der Waals surface area contributed by atoms with Crippen molar-refractivity contribution < 1.29 is 4.74 Å². The fourth-order valence-corrected chi connectivity index (χ4v) is 2.48. The minimum atomic E-state index is 0.540. The number of hydrogen-bond donors (Lipinski definition) is 1. The molecule has 0 atom stereocenters. The number of hydrogen-bond acceptors (Lipinski definition) is 3. The lowest BCUT2D eigenvalue weighted by molar-refractivity contribution is 0.480. The number of nitrogens with one attached hydrogen (secondary N) is 1. The average Bonchev–Trinajstić information content (AvgIpc) is 2.53. The highest BCUT2D eigenvalue weighted by molar-refractivity contribution is 6.30. The van der Waals surface area contributed by atoms with E-state index in [-0.39, 0.29) is 0 Å². The molecule has 3 aromatic rings. The molecule has 0 radical (unpaired) electrons. The van der Waals surface area contributed by atoms with Crippen LogP contribution in [0.5, 0.6) is 11.5 Å². The Labute approximate surface area is 144 Å². The molecule has 0 amide bonds. The normalized spacial score (nSPS) is 10.3. The summed E-state index contributed by atoms with van der Waals surface area (Å²) in [5, 5.41) is 4.62. The van der Waals surface area contributed by atoms with E-state index in [1.54, 1.807) is 18.5 Å². The van der Waals surface area contributed by atoms with Gasteiger partial charge in [-0.1, -0.05) is 41.4 Å². The summed E-state index contributed by atoms with van der Waals surface area (Å²) in [6.07, 6.45) is 3.19. The van der Waals surface area contributed by atoms with Crippen molar-refractivity contribution in [3.8, 4) is 11.5 Å². The van der Waals surface area contributed by atoms with Crippen LogP contribution in [-0.4, -0.2) is 4.98 Å². The molecule has 0 fully saturated rings. The zero-order chi connectivity index (χ0) is 16.1. The van der Waals surface area contributed by atoms with Crippen LogP contribution in [0.1, 0.15) is 5.56 Å². The van der Waals surface area contributed by atoms with Gasteiger partial charge in [0.05, 0.1) is 11.2 Å². The van der Waals surface area contributed by atoms with E-state index in [0.717, 1.165) is 16.3 Å². The van der Waals surface area contributed by atoms with Crippen LogP contribution in [0, 0.1) is 0 Å². The van der Waals surface area contributed by atoms with Crippen LogP contribution in [-0.2, 0) is 6.54 Å². The van der Waals surface area contributed by atoms with E-state index in [1.807, 2.05) is 48.5 Å². The molecule has 2 aromatic carbocycles. The fourth-order valence-electron chi connectivity index (χ4n) is 2.10. The van der Waals surface area contributed by atoms with Crippen LogP contribution >= 0.6 is 23.2 Å². The number of nitrogens with zero attached hydrogens (tertiary/aromatic N) is 1. The summed E-state index contributed by atoms with van der Waals surface area (Å²) in [6, 6.07) is 17.2. The molecule has 0 saturated carbocycles. The Bertz CT molecular complexity index is 808. The summed E-state index contributed by atoms with van der Waals surface area (Å²) in [6.45, 7) is 0.683. The van der Waals surface area contributed by atoms with Gasteiger partial charge in [-0.15, -0.1) is 0 Å². The predicted molar refractivity (Wildman–Crippen MR) is 94.5 cm³/mol. The van der Waals surface area contributed by atoms with Gasteiger partial charge in [0.1, 0.15) is 11.5 Å². The van der Waals surface area contributed by atoms with Crippen molar-refractivity contribution >= 4 is 28.9 Å². The maximum absolute atomic E-state index is 5.99. The first kappa shape index (κ1) is 15.7. The molecule has 1 aromatic heterocycles. The number of anilines is 1. The second kappa shape index (κ2) is 7.36. The molecule has 0 bridgehead atoms. The van der Waals surface area contributed by atoms with Gasteiger partial charge in [0.15, 0.2) is 0 Å². The van der Waals surface area contributed by atoms with Gasteiger partial charge < -0.3 is 10.1 Å². The Morgan fingerprint density at radius 3 is 2.57 bits per heavy atom. The molecule has 0 spiro atoms. The third kappa shape index (κ3) is 4.62. The third-order valence-electron chi connectivity index (χ3n) is 3.14. The Kier molecular flexibility index (Phi) is 5.01. The zero-order valence-electron chi connectivity index (χ0n) is 12.2. The van der Waals surface area contributed by atoms with Crippen LogP contribution in [0.15, 0.2) is 67.0 Å². The Hall–Kier alpha value is -2.23. The molecular formula is C18H14Cl2N2O. The molecule has 1 N–H and O–H groups in total. The van der Waals surface area contributed by atoms with Gasteiger partial charge in [0.2, 0.25) is 0 Å². The lowest BCUT2D eigenvalue weighted by Crippen LogP contribution is -1.99. The monoisotopic (exact) mass is 344 g/mol. The van der Waals surface area contributed by atoms with Gasteiger partial charge in [-0.25, -0.2) is 0 Å². The van der Waals surface area contributed by atoms with Gasteiger partial charge in [0, 0.05) is 35.6 Å². The summed E-state index contributed by atoms with van der Waals surface area (Å²) in [7, 11) is 0. The van der Waals surface area contributed by atoms with E-state index in [1.165, 1.54) is 0 Å². The average molecular weight is 345 g/mol. The number of halogens is 2. The van der Waals surface area contributed by atoms with Gasteiger partial charge in [0.25, 0.3) is 0 Å². The summed E-state index contributed by atoms with van der Waals surface area (Å²) in [4.78, 5) is 4.00. The number of ether oxygens (including phenoxy) is 1. The predicted octanol–water partition coefficient (Wildman–Crippen LogP) is 5.79. The van der Waals surface area contributed by atoms with Crippen LogP contribution < -0.4 is 10.1 Å². The Morgan fingerprint density at radius 1 is 0.870 bits per heavy atom. The summed E-state index contributed by atoms with van der Waals surface area (Å²) < 4.78 is 5.76. The fraction of sp³-hybridized carbons (Fsp3) is 0.0556. The van der Waals surface area contributed by atoms with E-state index >= 15 is 0 Å². The SMILES string of the molecule is Clc1cccc(CNc2cccc(Oc3cncc(Cl)c3)c2)c1. The third-order valence-corrected chi connectivity index (χ3v) is 3.58. The standard InChI is InChI=1S/C18H14Cl2N2O/c19-14-4-1-3-13(7-14)10-22-16-5-2-6-17(9-16)23-18-8-15(20)11-21-12-18/h1-9,11-12,22H,10H2. The van der Waals surface area contributed by atoms with Crippen molar-refractivity contribution in [2.24, 2.45) is 0 Å². The lowest BCUT2D eigenvalue weighted by Gasteiger charge is -2.10. The highest BCUT2D eigenvalue weighted by atomic mass is 35.5. The zero-order valence-corrected chi connectivity index (χ0v) is 13.7. The summed E-state index contributed by atoms with van der Waals surface area (Å²) in [5.74, 6) is 1.31. The molecule has 23 heavy (non-hydrogen) atoms. The molecule has 1 heterocycles. The molecule has 3 rings (SSSR count). The smallest absolute Gasteiger partial charge is 0.147 e. The summed E-state index contributed by atoms with van der Waals surface area (Å²) in [5.41, 5.74) is 2.07. The number of pyridine rings is 1. The second-order valence-corrected chi connectivity index (χ2v) is 5.83. The van der Waals surface area contributed by atoms with Crippen molar-refractivity contribution in [3.63, 3.8) is 0 Å². The van der Waals surface area contributed by atoms with E-state index in [0.29, 0.717) is 23.1 Å². The number of rotatable bonds is 5. The maximum Gasteiger partial charge on any atom is 0.147 e. The molecule has 116 valence electrons. The van der Waals surface area contributed by atoms with Gasteiger partial charge >= 0.3 is 0 Å². The number of benzene rings is 2. The van der Waals surface area contributed by atoms with Crippen LogP contribution in [0.4, 0.5) is 5.69 Å². The molecule has 0 saturated heterocycles. The van der Waals surface area contributed by atoms with Crippen molar-refractivity contribution in [2.75, 3.05) is 5.32 Å². The quantitative estimate of drug-likeness (QED) is 0.635. The first-order chi connectivity index (χ1) is 11.2. The second-order valence-electron chi connectivity index (χ2n) is 4.95. The topological polar surface area (TPSA) is 34.1 Å². The molecule has 3 nitrogen and oxygen atoms in total. The van der Waals surface area contributed by atoms with Crippen LogP contribution in [0.25, 0.3) is 0 Å². The first-order valence-electron chi connectivity index (χ1n) is 7.06. The van der Waals surface area contributed by atoms with E-state index < -0.39 is 0 Å². The maximum atomic E-state index is 5.99. The Morgan fingerprint density at radius 2 is 1.74 bits per heavy atom. The minimum Gasteiger partial charge on any atom is -0.456 e. The van der Waals surface area contributed by atoms with Gasteiger partial charge in [-0.05, 0) is 29.8 Å². The first-order valence-corrected chi connectivity index (χ1v) is 7.81. The van der Waals surface area contributed by atoms with Crippen molar-refractivity contribution in [1.29, 1.82) is 0 Å². The lowest BCUT2D eigenvalue weighted by atomic mass is 10.2. The Balaban J connectivity index is 1.67. The molecule has 0 aliphatic heterocycles. The minimum absolute atomic E-state index is 0.540. The molecule has 5 heteroatoms. The molecular weight excluding hydrogens is 331 g/mol. The summed E-state index contributed by atoms with van der Waals surface area (Å²) >= 11 is 11.9. The van der Waals surface area contributed by atoms with Crippen molar-refractivity contribution in [2.45, 2.75) is 6.54 Å². The highest BCUT2D eigenvalue weighted by Gasteiger charge is 2.01. The molecule has 0 aliphatic carbocycles. The highest BCUT2D eigenvalue weighted by Crippen LogP contribution is 2.25. The molecule has 0 unspecified atom stereocenters. The van der Waals surface area contributed by atoms with Gasteiger partial charge in [-0.3, -0.25) is 4.98 Å². The molecule has 0 aliphatic rings. The van der Waals surface area contributed by atoms with Crippen LogP contribution in [0.2, 0.25) is 10.0 Å². The van der Waals surface area contributed by atoms with Crippen molar-refractivity contribution in [3.05, 3.63) is 82.6 Å². The van der Waals surface area contributed by atoms with E-state index in [4.69, 9.17) is 27.9 Å². The largest absolute Gasteiger partial charge is 0.456 e. The van der Waals surface area contributed by atoms with Crippen LogP contribution in [0.3, 0.4) is 0 Å². The van der Waals surface area contributed by atoms with E-state index in [9.17, 15) is 0 Å². The van der Waals surface area contributed by atoms with E-state index in [2.05, 4.69) is 10.3 Å². The number of aromatic nitrogens is 1. The van der Waals surface area contributed by atoms with Gasteiger partial charge in [-0.2, -0.15) is 0 Å².